The maximum absolute atomic E-state index is 12.8. The van der Waals surface area contributed by atoms with E-state index in [0.29, 0.717) is 12.0 Å². The summed E-state index contributed by atoms with van der Waals surface area (Å²) < 4.78 is 1.34. The molecule has 1 amide bonds. The van der Waals surface area contributed by atoms with Crippen LogP contribution in [0.4, 0.5) is 0 Å². The summed E-state index contributed by atoms with van der Waals surface area (Å²) >= 11 is 0. The first kappa shape index (κ1) is 14.8. The van der Waals surface area contributed by atoms with E-state index in [2.05, 4.69) is 0 Å². The molecule has 2 aliphatic rings. The van der Waals surface area contributed by atoms with Crippen LogP contribution in [-0.4, -0.2) is 38.5 Å². The molecular weight excluding hydrogens is 284 g/mol. The molecule has 1 saturated carbocycles. The maximum atomic E-state index is 12.8. The van der Waals surface area contributed by atoms with Crippen LogP contribution in [0.5, 0.6) is 0 Å². The standard InChI is InChI=1S/C16H20N2O4/c1-17-9-11(6-7-14(17)19)15(20)18-12-5-3-2-4-10(12)8-13(18)16(21)22/h6-7,9-10,12-13H,2-5,8H2,1H3,(H,21,22). The van der Waals surface area contributed by atoms with Crippen LogP contribution in [0.2, 0.25) is 0 Å². The summed E-state index contributed by atoms with van der Waals surface area (Å²) in [6.07, 6.45) is 6.02. The van der Waals surface area contributed by atoms with Crippen molar-refractivity contribution in [2.24, 2.45) is 13.0 Å². The van der Waals surface area contributed by atoms with Crippen molar-refractivity contribution in [3.63, 3.8) is 0 Å². The summed E-state index contributed by atoms with van der Waals surface area (Å²) in [7, 11) is 1.58. The van der Waals surface area contributed by atoms with Crippen LogP contribution in [0.15, 0.2) is 23.1 Å². The first-order valence-electron chi connectivity index (χ1n) is 7.71. The van der Waals surface area contributed by atoms with Gasteiger partial charge in [0, 0.05) is 25.4 Å². The average molecular weight is 304 g/mol. The second-order valence-electron chi connectivity index (χ2n) is 6.28. The molecule has 0 bridgehead atoms. The van der Waals surface area contributed by atoms with Crippen LogP contribution >= 0.6 is 0 Å². The van der Waals surface area contributed by atoms with Crippen molar-refractivity contribution < 1.29 is 14.7 Å². The number of rotatable bonds is 2. The molecule has 3 atom stereocenters. The topological polar surface area (TPSA) is 79.6 Å². The van der Waals surface area contributed by atoms with Gasteiger partial charge in [-0.25, -0.2) is 4.79 Å². The molecule has 2 heterocycles. The van der Waals surface area contributed by atoms with Crippen LogP contribution < -0.4 is 5.56 Å². The van der Waals surface area contributed by atoms with Crippen molar-refractivity contribution in [3.05, 3.63) is 34.2 Å². The molecule has 1 aliphatic carbocycles. The smallest absolute Gasteiger partial charge is 0.326 e. The molecule has 2 fully saturated rings. The lowest BCUT2D eigenvalue weighted by Crippen LogP contribution is -2.46. The SMILES string of the molecule is Cn1cc(C(=O)N2C(C(=O)O)CC3CCCCC32)ccc1=O. The minimum atomic E-state index is -0.937. The second-order valence-corrected chi connectivity index (χ2v) is 6.28. The minimum Gasteiger partial charge on any atom is -0.480 e. The molecule has 6 nitrogen and oxygen atoms in total. The van der Waals surface area contributed by atoms with E-state index in [-0.39, 0.29) is 23.4 Å². The van der Waals surface area contributed by atoms with Gasteiger partial charge in [-0.3, -0.25) is 9.59 Å². The first-order chi connectivity index (χ1) is 10.5. The largest absolute Gasteiger partial charge is 0.480 e. The van der Waals surface area contributed by atoms with Gasteiger partial charge in [0.2, 0.25) is 5.56 Å². The number of aryl methyl sites for hydroxylation is 1. The minimum absolute atomic E-state index is 0.0135. The second kappa shape index (κ2) is 5.59. The Labute approximate surface area is 128 Å². The molecule has 3 unspecified atom stereocenters. The number of carboxylic acids is 1. The van der Waals surface area contributed by atoms with Crippen molar-refractivity contribution >= 4 is 11.9 Å². The third kappa shape index (κ3) is 2.42. The highest BCUT2D eigenvalue weighted by atomic mass is 16.4. The van der Waals surface area contributed by atoms with Crippen LogP contribution in [0.3, 0.4) is 0 Å². The summed E-state index contributed by atoms with van der Waals surface area (Å²) in [4.78, 5) is 37.4. The highest BCUT2D eigenvalue weighted by Gasteiger charge is 2.47. The number of carbonyl (C=O) groups excluding carboxylic acids is 1. The Morgan fingerprint density at radius 3 is 2.64 bits per heavy atom. The van der Waals surface area contributed by atoms with Crippen molar-refractivity contribution in [3.8, 4) is 0 Å². The molecule has 1 saturated heterocycles. The van der Waals surface area contributed by atoms with Gasteiger partial charge in [0.1, 0.15) is 6.04 Å². The molecule has 118 valence electrons. The molecule has 0 aromatic carbocycles. The molecule has 0 radical (unpaired) electrons. The normalized spacial score (nSPS) is 27.5. The molecule has 1 aromatic heterocycles. The number of likely N-dealkylation sites (tertiary alicyclic amines) is 1. The summed E-state index contributed by atoms with van der Waals surface area (Å²) in [5, 5.41) is 9.48. The van der Waals surface area contributed by atoms with E-state index in [1.807, 2.05) is 0 Å². The van der Waals surface area contributed by atoms with Gasteiger partial charge in [0.15, 0.2) is 0 Å². The van der Waals surface area contributed by atoms with E-state index in [9.17, 15) is 19.5 Å². The quantitative estimate of drug-likeness (QED) is 0.891. The number of fused-ring (bicyclic) bond motifs is 1. The highest BCUT2D eigenvalue weighted by molar-refractivity contribution is 5.97. The van der Waals surface area contributed by atoms with E-state index in [1.54, 1.807) is 11.9 Å². The lowest BCUT2D eigenvalue weighted by Gasteiger charge is -2.33. The Morgan fingerprint density at radius 1 is 1.23 bits per heavy atom. The van der Waals surface area contributed by atoms with Crippen LogP contribution in [0, 0.1) is 5.92 Å². The molecule has 6 heteroatoms. The number of aliphatic carboxylic acids is 1. The van der Waals surface area contributed by atoms with Crippen LogP contribution in [0.25, 0.3) is 0 Å². The average Bonchev–Trinajstić information content (AvgIpc) is 2.89. The number of carbonyl (C=O) groups is 2. The lowest BCUT2D eigenvalue weighted by molar-refractivity contribution is -0.141. The van der Waals surface area contributed by atoms with Crippen molar-refractivity contribution in [2.75, 3.05) is 0 Å². The molecule has 1 aromatic rings. The zero-order chi connectivity index (χ0) is 15.9. The molecule has 3 rings (SSSR count). The van der Waals surface area contributed by atoms with Crippen molar-refractivity contribution in [2.45, 2.75) is 44.2 Å². The monoisotopic (exact) mass is 304 g/mol. The van der Waals surface area contributed by atoms with E-state index >= 15 is 0 Å². The summed E-state index contributed by atoms with van der Waals surface area (Å²) in [5.74, 6) is -0.934. The fourth-order valence-electron chi connectivity index (χ4n) is 3.84. The van der Waals surface area contributed by atoms with E-state index in [4.69, 9.17) is 0 Å². The third-order valence-electron chi connectivity index (χ3n) is 4.94. The van der Waals surface area contributed by atoms with Gasteiger partial charge in [-0.1, -0.05) is 12.8 Å². The number of amides is 1. The van der Waals surface area contributed by atoms with Gasteiger partial charge < -0.3 is 14.6 Å². The molecule has 1 aliphatic heterocycles. The predicted molar refractivity (Wildman–Crippen MR) is 79.6 cm³/mol. The molecular formula is C16H20N2O4. The fourth-order valence-corrected chi connectivity index (χ4v) is 3.84. The third-order valence-corrected chi connectivity index (χ3v) is 4.94. The van der Waals surface area contributed by atoms with Gasteiger partial charge in [0.25, 0.3) is 5.91 Å². The van der Waals surface area contributed by atoms with Gasteiger partial charge in [-0.15, -0.1) is 0 Å². The summed E-state index contributed by atoms with van der Waals surface area (Å²) in [6, 6.07) is 2.09. The number of aromatic nitrogens is 1. The Morgan fingerprint density at radius 2 is 1.95 bits per heavy atom. The first-order valence-corrected chi connectivity index (χ1v) is 7.71. The van der Waals surface area contributed by atoms with Gasteiger partial charge in [0.05, 0.1) is 5.56 Å². The fraction of sp³-hybridized carbons (Fsp3) is 0.562. The zero-order valence-corrected chi connectivity index (χ0v) is 12.6. The summed E-state index contributed by atoms with van der Waals surface area (Å²) in [6.45, 7) is 0. The molecule has 0 spiro atoms. The number of pyridine rings is 1. The Balaban J connectivity index is 1.95. The maximum Gasteiger partial charge on any atom is 0.326 e. The van der Waals surface area contributed by atoms with E-state index < -0.39 is 12.0 Å². The number of hydrogen-bond donors (Lipinski definition) is 1. The van der Waals surface area contributed by atoms with Crippen LogP contribution in [-0.2, 0) is 11.8 Å². The Hall–Kier alpha value is -2.11. The molecule has 1 N–H and O–H groups in total. The zero-order valence-electron chi connectivity index (χ0n) is 12.6. The van der Waals surface area contributed by atoms with Gasteiger partial charge >= 0.3 is 5.97 Å². The van der Waals surface area contributed by atoms with Gasteiger partial charge in [-0.2, -0.15) is 0 Å². The number of nitrogens with zero attached hydrogens (tertiary/aromatic N) is 2. The van der Waals surface area contributed by atoms with E-state index in [0.717, 1.165) is 25.7 Å². The van der Waals surface area contributed by atoms with Gasteiger partial charge in [-0.05, 0) is 31.2 Å². The predicted octanol–water partition coefficient (Wildman–Crippen LogP) is 1.24. The number of carboxylic acid groups (broad SMARTS) is 1. The highest BCUT2D eigenvalue weighted by Crippen LogP contribution is 2.40. The molecule has 22 heavy (non-hydrogen) atoms. The van der Waals surface area contributed by atoms with E-state index in [1.165, 1.54) is 22.9 Å². The lowest BCUT2D eigenvalue weighted by atomic mass is 9.84. The summed E-state index contributed by atoms with van der Waals surface area (Å²) in [5.41, 5.74) is 0.183. The van der Waals surface area contributed by atoms with Crippen molar-refractivity contribution in [1.29, 1.82) is 0 Å². The Bertz CT molecular complexity index is 666. The van der Waals surface area contributed by atoms with Crippen molar-refractivity contribution in [1.82, 2.24) is 9.47 Å². The van der Waals surface area contributed by atoms with Crippen LogP contribution in [0.1, 0.15) is 42.5 Å². The number of hydrogen-bond acceptors (Lipinski definition) is 3. The Kier molecular flexibility index (Phi) is 3.76.